The first kappa shape index (κ1) is 22.0. The normalized spacial score (nSPS) is 12.5. The van der Waals surface area contributed by atoms with E-state index in [0.717, 1.165) is 44.9 Å². The Kier molecular flexibility index (Phi) is 6.24. The predicted octanol–water partition coefficient (Wildman–Crippen LogP) is 6.33. The number of hydrogen-bond donors (Lipinski definition) is 1. The zero-order valence-corrected chi connectivity index (χ0v) is 20.2. The number of nitrogens with one attached hydrogen (secondary N) is 1. The number of para-hydroxylation sites is 1. The molecule has 0 radical (unpaired) electrons. The molecule has 0 aliphatic rings. The first-order chi connectivity index (χ1) is 15.4. The van der Waals surface area contributed by atoms with E-state index >= 15 is 0 Å². The maximum atomic E-state index is 13.9. The fourth-order valence-corrected chi connectivity index (χ4v) is 6.23. The molecule has 0 aliphatic carbocycles. The lowest BCUT2D eigenvalue weighted by atomic mass is 10.0. The van der Waals surface area contributed by atoms with Crippen LogP contribution in [-0.4, -0.2) is 19.0 Å². The molecule has 0 bridgehead atoms. The highest BCUT2D eigenvalue weighted by Crippen LogP contribution is 2.27. The monoisotopic (exact) mass is 438 g/mol. The molecular formula is C28H30N2OSi. The molecule has 1 heterocycles. The summed E-state index contributed by atoms with van der Waals surface area (Å²) in [4.78, 5) is 19.0. The molecule has 32 heavy (non-hydrogen) atoms. The number of aromatic nitrogens is 1. The average Bonchev–Trinajstić information content (AvgIpc) is 2.81. The van der Waals surface area contributed by atoms with Crippen molar-refractivity contribution in [1.82, 2.24) is 10.3 Å². The number of benzene rings is 3. The quantitative estimate of drug-likeness (QED) is 0.358. The zero-order chi connectivity index (χ0) is 22.7. The van der Waals surface area contributed by atoms with Crippen LogP contribution in [-0.2, 0) is 0 Å². The molecule has 0 aliphatic heterocycles. The third-order valence-electron chi connectivity index (χ3n) is 5.83. The molecule has 0 spiro atoms. The van der Waals surface area contributed by atoms with Crippen LogP contribution < -0.4 is 10.5 Å². The van der Waals surface area contributed by atoms with Gasteiger partial charge in [0.05, 0.1) is 30.9 Å². The molecule has 0 saturated heterocycles. The van der Waals surface area contributed by atoms with E-state index in [-0.39, 0.29) is 11.9 Å². The molecule has 4 rings (SSSR count). The van der Waals surface area contributed by atoms with Crippen LogP contribution in [0.4, 0.5) is 0 Å². The van der Waals surface area contributed by atoms with E-state index in [0.29, 0.717) is 0 Å². The number of rotatable bonds is 6. The first-order valence-electron chi connectivity index (χ1n) is 11.2. The second-order valence-electron chi connectivity index (χ2n) is 9.19. The summed E-state index contributed by atoms with van der Waals surface area (Å²) >= 11 is 0. The van der Waals surface area contributed by atoms with Crippen LogP contribution in [0.25, 0.3) is 22.2 Å². The van der Waals surface area contributed by atoms with Gasteiger partial charge >= 0.3 is 0 Å². The van der Waals surface area contributed by atoms with Crippen molar-refractivity contribution >= 4 is 30.1 Å². The third kappa shape index (κ3) is 4.37. The summed E-state index contributed by atoms with van der Waals surface area (Å²) in [6.45, 7) is 8.97. The summed E-state index contributed by atoms with van der Waals surface area (Å²) in [5.74, 6) is -0.0195. The van der Waals surface area contributed by atoms with Crippen molar-refractivity contribution in [3.63, 3.8) is 0 Å². The Labute approximate surface area is 191 Å². The van der Waals surface area contributed by atoms with E-state index < -0.39 is 8.07 Å². The lowest BCUT2D eigenvalue weighted by Crippen LogP contribution is -2.45. The summed E-state index contributed by atoms with van der Waals surface area (Å²) in [6, 6.07) is 28.4. The molecule has 1 N–H and O–H groups in total. The fourth-order valence-electron chi connectivity index (χ4n) is 4.32. The molecule has 4 heteroatoms. The number of carbonyl (C=O) groups excluding carboxylic acids is 1. The maximum Gasteiger partial charge on any atom is 0.252 e. The Hall–Kier alpha value is -3.24. The van der Waals surface area contributed by atoms with E-state index in [1.54, 1.807) is 0 Å². The molecule has 4 aromatic rings. The summed E-state index contributed by atoms with van der Waals surface area (Å²) in [5.41, 5.74) is 4.75. The van der Waals surface area contributed by atoms with Gasteiger partial charge in [-0.3, -0.25) is 4.79 Å². The van der Waals surface area contributed by atoms with Crippen molar-refractivity contribution in [2.45, 2.75) is 39.0 Å². The molecule has 1 aromatic heterocycles. The van der Waals surface area contributed by atoms with Crippen molar-refractivity contribution in [2.24, 2.45) is 0 Å². The molecular weight excluding hydrogens is 408 g/mol. The summed E-state index contributed by atoms with van der Waals surface area (Å²) in [7, 11) is -1.95. The van der Waals surface area contributed by atoms with Gasteiger partial charge in [0, 0.05) is 10.9 Å². The van der Waals surface area contributed by atoms with Crippen LogP contribution in [0.3, 0.4) is 0 Å². The summed E-state index contributed by atoms with van der Waals surface area (Å²) in [6.07, 6.45) is 0.826. The first-order valence-corrected chi connectivity index (χ1v) is 14.7. The van der Waals surface area contributed by atoms with Gasteiger partial charge in [-0.05, 0) is 23.2 Å². The minimum Gasteiger partial charge on any atom is -0.345 e. The van der Waals surface area contributed by atoms with Crippen LogP contribution in [0.15, 0.2) is 84.9 Å². The minimum absolute atomic E-state index is 0.0195. The van der Waals surface area contributed by atoms with Gasteiger partial charge in [-0.25, -0.2) is 4.98 Å². The predicted molar refractivity (Wildman–Crippen MR) is 137 cm³/mol. The van der Waals surface area contributed by atoms with Gasteiger partial charge in [0.1, 0.15) is 0 Å². The van der Waals surface area contributed by atoms with Crippen LogP contribution >= 0.6 is 0 Å². The van der Waals surface area contributed by atoms with Crippen molar-refractivity contribution in [3.8, 4) is 11.3 Å². The largest absolute Gasteiger partial charge is 0.345 e. The minimum atomic E-state index is -1.95. The number of fused-ring (bicyclic) bond motifs is 1. The number of amides is 1. The number of nitrogens with zero attached hydrogens (tertiary/aromatic N) is 1. The fraction of sp³-hybridized carbons (Fsp3) is 0.214. The molecule has 1 amide bonds. The van der Waals surface area contributed by atoms with Gasteiger partial charge in [0.2, 0.25) is 0 Å². The Morgan fingerprint density at radius 1 is 0.875 bits per heavy atom. The van der Waals surface area contributed by atoms with Crippen molar-refractivity contribution < 1.29 is 4.79 Å². The standard InChI is InChI=1S/C28H30N2OSi/c1-5-23(20-14-8-6-9-15-20)30-28(31)25-22-18-12-13-19-24(22)29-26(27(25)32(2,3)4)21-16-10-7-11-17-21/h6-19,23H,5H2,1-4H3,(H,30,31)/t23-/m0/s1. The van der Waals surface area contributed by atoms with E-state index in [1.165, 1.54) is 0 Å². The van der Waals surface area contributed by atoms with Crippen molar-refractivity contribution in [2.75, 3.05) is 0 Å². The number of pyridine rings is 1. The van der Waals surface area contributed by atoms with Gasteiger partial charge in [0.15, 0.2) is 0 Å². The lowest BCUT2D eigenvalue weighted by Gasteiger charge is -2.27. The average molecular weight is 439 g/mol. The lowest BCUT2D eigenvalue weighted by molar-refractivity contribution is 0.0938. The van der Waals surface area contributed by atoms with Gasteiger partial charge < -0.3 is 5.32 Å². The number of carbonyl (C=O) groups is 1. The van der Waals surface area contributed by atoms with Gasteiger partial charge in [-0.15, -0.1) is 0 Å². The molecule has 3 aromatic carbocycles. The molecule has 162 valence electrons. The zero-order valence-electron chi connectivity index (χ0n) is 19.2. The Morgan fingerprint density at radius 3 is 2.09 bits per heavy atom. The van der Waals surface area contributed by atoms with Crippen LogP contribution in [0.5, 0.6) is 0 Å². The maximum absolute atomic E-state index is 13.9. The Bertz CT molecular complexity index is 1230. The van der Waals surface area contributed by atoms with Crippen molar-refractivity contribution in [3.05, 3.63) is 96.1 Å². The van der Waals surface area contributed by atoms with Crippen LogP contribution in [0.1, 0.15) is 35.3 Å². The van der Waals surface area contributed by atoms with Crippen molar-refractivity contribution in [1.29, 1.82) is 0 Å². The molecule has 0 fully saturated rings. The van der Waals surface area contributed by atoms with Gasteiger partial charge in [-0.1, -0.05) is 105 Å². The second-order valence-corrected chi connectivity index (χ2v) is 14.2. The van der Waals surface area contributed by atoms with Crippen LogP contribution in [0, 0.1) is 0 Å². The number of hydrogen-bond acceptors (Lipinski definition) is 2. The molecule has 3 nitrogen and oxygen atoms in total. The van der Waals surface area contributed by atoms with Gasteiger partial charge in [-0.2, -0.15) is 0 Å². The van der Waals surface area contributed by atoms with E-state index in [2.05, 4.69) is 56.1 Å². The Morgan fingerprint density at radius 2 is 1.47 bits per heavy atom. The van der Waals surface area contributed by atoms with E-state index in [1.807, 2.05) is 60.7 Å². The molecule has 1 atom stereocenters. The third-order valence-corrected chi connectivity index (χ3v) is 7.82. The highest BCUT2D eigenvalue weighted by molar-refractivity contribution is 6.90. The highest BCUT2D eigenvalue weighted by Gasteiger charge is 2.31. The summed E-state index contributed by atoms with van der Waals surface area (Å²) < 4.78 is 0. The van der Waals surface area contributed by atoms with E-state index in [4.69, 9.17) is 4.98 Å². The second kappa shape index (κ2) is 9.09. The highest BCUT2D eigenvalue weighted by atomic mass is 28.3. The molecule has 0 unspecified atom stereocenters. The van der Waals surface area contributed by atoms with Crippen LogP contribution in [0.2, 0.25) is 19.6 Å². The topological polar surface area (TPSA) is 42.0 Å². The smallest absolute Gasteiger partial charge is 0.252 e. The SMILES string of the molecule is CC[C@H](NC(=O)c1c([Si](C)(C)C)c(-c2ccccc2)nc2ccccc12)c1ccccc1. The Balaban J connectivity index is 1.94. The molecule has 0 saturated carbocycles. The van der Waals surface area contributed by atoms with E-state index in [9.17, 15) is 4.79 Å². The summed E-state index contributed by atoms with van der Waals surface area (Å²) in [5, 5.41) is 5.37. The van der Waals surface area contributed by atoms with Gasteiger partial charge in [0.25, 0.3) is 5.91 Å².